The Kier molecular flexibility index (Phi) is 3.13. The highest BCUT2D eigenvalue weighted by Gasteiger charge is 2.06. The van der Waals surface area contributed by atoms with Gasteiger partial charge in [-0.05, 0) is 31.5 Å². The number of anilines is 1. The number of nitrogens with zero attached hydrogens (tertiary/aromatic N) is 2. The lowest BCUT2D eigenvalue weighted by Crippen LogP contribution is -2.00. The summed E-state index contributed by atoms with van der Waals surface area (Å²) < 4.78 is 2.27. The molecule has 0 aliphatic carbocycles. The summed E-state index contributed by atoms with van der Waals surface area (Å²) in [6, 6.07) is 5.92. The van der Waals surface area contributed by atoms with Gasteiger partial charge in [0.25, 0.3) is 0 Å². The minimum Gasteiger partial charge on any atom is -0.399 e. The second kappa shape index (κ2) is 4.56. The number of unbranched alkanes of at least 4 members (excludes halogenated alkanes) is 2. The number of aryl methyl sites for hydroxylation is 2. The number of nitrogens with two attached hydrogens (primary N) is 1. The molecule has 0 saturated heterocycles. The lowest BCUT2D eigenvalue weighted by molar-refractivity contribution is 0.602. The minimum absolute atomic E-state index is 0.809. The highest BCUT2D eigenvalue weighted by molar-refractivity contribution is 5.79. The maximum absolute atomic E-state index is 5.82. The van der Waals surface area contributed by atoms with Gasteiger partial charge in [-0.2, -0.15) is 0 Å². The second-order valence-corrected chi connectivity index (χ2v) is 4.27. The normalized spacial score (nSPS) is 11.1. The van der Waals surface area contributed by atoms with Crippen molar-refractivity contribution in [1.29, 1.82) is 0 Å². The van der Waals surface area contributed by atoms with Crippen LogP contribution < -0.4 is 5.73 Å². The Hall–Kier alpha value is -1.51. The predicted octanol–water partition coefficient (Wildman–Crippen LogP) is 3.12. The molecule has 0 fully saturated rings. The lowest BCUT2D eigenvalue weighted by atomic mass is 10.2. The van der Waals surface area contributed by atoms with E-state index in [2.05, 4.69) is 23.4 Å². The third-order valence-corrected chi connectivity index (χ3v) is 2.95. The summed E-state index contributed by atoms with van der Waals surface area (Å²) in [5.41, 5.74) is 8.83. The van der Waals surface area contributed by atoms with Gasteiger partial charge in [0, 0.05) is 12.2 Å². The Morgan fingerprint density at radius 1 is 1.31 bits per heavy atom. The number of nitrogen functional groups attached to an aromatic ring is 1. The molecule has 2 N–H and O–H groups in total. The molecule has 0 atom stereocenters. The number of benzene rings is 1. The van der Waals surface area contributed by atoms with E-state index in [1.54, 1.807) is 0 Å². The molecule has 0 bridgehead atoms. The highest BCUT2D eigenvalue weighted by atomic mass is 15.1. The fourth-order valence-electron chi connectivity index (χ4n) is 2.06. The third-order valence-electron chi connectivity index (χ3n) is 2.95. The zero-order chi connectivity index (χ0) is 11.5. The molecule has 3 nitrogen and oxygen atoms in total. The zero-order valence-corrected chi connectivity index (χ0v) is 10.0. The number of imidazole rings is 1. The third kappa shape index (κ3) is 2.03. The van der Waals surface area contributed by atoms with Crippen LogP contribution in [-0.2, 0) is 6.54 Å². The average molecular weight is 217 g/mol. The minimum atomic E-state index is 0.809. The molecule has 2 aromatic rings. The van der Waals surface area contributed by atoms with Gasteiger partial charge in [-0.3, -0.25) is 0 Å². The van der Waals surface area contributed by atoms with Gasteiger partial charge in [0.2, 0.25) is 0 Å². The van der Waals surface area contributed by atoms with Gasteiger partial charge in [0.15, 0.2) is 0 Å². The van der Waals surface area contributed by atoms with Crippen molar-refractivity contribution >= 4 is 16.7 Å². The molecule has 0 radical (unpaired) electrons. The average Bonchev–Trinajstić information content (AvgIpc) is 2.56. The van der Waals surface area contributed by atoms with Gasteiger partial charge in [-0.25, -0.2) is 4.98 Å². The summed E-state index contributed by atoms with van der Waals surface area (Å²) in [6.45, 7) is 5.32. The van der Waals surface area contributed by atoms with Crippen LogP contribution >= 0.6 is 0 Å². The molecular weight excluding hydrogens is 198 g/mol. The van der Waals surface area contributed by atoms with Crippen LogP contribution in [0, 0.1) is 6.92 Å². The SMILES string of the molecule is CCCCCn1c(C)nc2ccc(N)cc21. The number of rotatable bonds is 4. The Balaban J connectivity index is 2.34. The monoisotopic (exact) mass is 217 g/mol. The molecule has 0 unspecified atom stereocenters. The van der Waals surface area contributed by atoms with Crippen LogP contribution in [0.4, 0.5) is 5.69 Å². The number of hydrogen-bond acceptors (Lipinski definition) is 2. The van der Waals surface area contributed by atoms with Crippen LogP contribution in [0.1, 0.15) is 32.0 Å². The van der Waals surface area contributed by atoms with Crippen LogP contribution in [0.5, 0.6) is 0 Å². The summed E-state index contributed by atoms with van der Waals surface area (Å²) >= 11 is 0. The van der Waals surface area contributed by atoms with E-state index < -0.39 is 0 Å². The summed E-state index contributed by atoms with van der Waals surface area (Å²) in [5, 5.41) is 0. The summed E-state index contributed by atoms with van der Waals surface area (Å²) in [6.07, 6.45) is 3.72. The molecule has 86 valence electrons. The van der Waals surface area contributed by atoms with Crippen molar-refractivity contribution in [2.45, 2.75) is 39.7 Å². The van der Waals surface area contributed by atoms with E-state index in [-0.39, 0.29) is 0 Å². The van der Waals surface area contributed by atoms with Crippen LogP contribution in [0.15, 0.2) is 18.2 Å². The fourth-order valence-corrected chi connectivity index (χ4v) is 2.06. The smallest absolute Gasteiger partial charge is 0.106 e. The zero-order valence-electron chi connectivity index (χ0n) is 10.0. The first-order valence-corrected chi connectivity index (χ1v) is 5.94. The van der Waals surface area contributed by atoms with Crippen molar-refractivity contribution in [2.24, 2.45) is 0 Å². The van der Waals surface area contributed by atoms with E-state index >= 15 is 0 Å². The molecule has 2 rings (SSSR count). The van der Waals surface area contributed by atoms with Crippen molar-refractivity contribution in [3.63, 3.8) is 0 Å². The predicted molar refractivity (Wildman–Crippen MR) is 68.4 cm³/mol. The maximum atomic E-state index is 5.82. The lowest BCUT2D eigenvalue weighted by Gasteiger charge is -2.06. The first kappa shape index (κ1) is 11.0. The molecule has 3 heteroatoms. The highest BCUT2D eigenvalue weighted by Crippen LogP contribution is 2.19. The van der Waals surface area contributed by atoms with E-state index in [0.717, 1.165) is 29.1 Å². The Morgan fingerprint density at radius 3 is 2.88 bits per heavy atom. The van der Waals surface area contributed by atoms with Gasteiger partial charge < -0.3 is 10.3 Å². The van der Waals surface area contributed by atoms with Crippen LogP contribution in [-0.4, -0.2) is 9.55 Å². The van der Waals surface area contributed by atoms with Crippen LogP contribution in [0.2, 0.25) is 0 Å². The van der Waals surface area contributed by atoms with E-state index in [9.17, 15) is 0 Å². The Bertz CT molecular complexity index is 485. The first-order valence-electron chi connectivity index (χ1n) is 5.94. The summed E-state index contributed by atoms with van der Waals surface area (Å²) in [4.78, 5) is 4.54. The molecule has 0 saturated carbocycles. The number of hydrogen-bond donors (Lipinski definition) is 1. The molecule has 16 heavy (non-hydrogen) atoms. The van der Waals surface area contributed by atoms with Gasteiger partial charge in [-0.1, -0.05) is 19.8 Å². The largest absolute Gasteiger partial charge is 0.399 e. The fraction of sp³-hybridized carbons (Fsp3) is 0.462. The van der Waals surface area contributed by atoms with Crippen molar-refractivity contribution in [1.82, 2.24) is 9.55 Å². The standard InChI is InChI=1S/C13H19N3/c1-3-4-5-8-16-10(2)15-12-7-6-11(14)9-13(12)16/h6-7,9H,3-5,8,14H2,1-2H3. The molecular formula is C13H19N3. The Labute approximate surface area is 96.3 Å². The summed E-state index contributed by atoms with van der Waals surface area (Å²) in [7, 11) is 0. The molecule has 1 aromatic heterocycles. The van der Waals surface area contributed by atoms with E-state index in [4.69, 9.17) is 5.73 Å². The van der Waals surface area contributed by atoms with Crippen molar-refractivity contribution in [3.05, 3.63) is 24.0 Å². The molecule has 0 amide bonds. The molecule has 0 aliphatic heterocycles. The molecule has 0 spiro atoms. The van der Waals surface area contributed by atoms with Crippen molar-refractivity contribution in [3.8, 4) is 0 Å². The van der Waals surface area contributed by atoms with Gasteiger partial charge in [-0.15, -0.1) is 0 Å². The van der Waals surface area contributed by atoms with Crippen LogP contribution in [0.3, 0.4) is 0 Å². The Morgan fingerprint density at radius 2 is 2.12 bits per heavy atom. The topological polar surface area (TPSA) is 43.8 Å². The maximum Gasteiger partial charge on any atom is 0.106 e. The van der Waals surface area contributed by atoms with E-state index in [1.165, 1.54) is 19.3 Å². The summed E-state index contributed by atoms with van der Waals surface area (Å²) in [5.74, 6) is 1.08. The van der Waals surface area contributed by atoms with E-state index in [0.29, 0.717) is 0 Å². The number of aromatic nitrogens is 2. The molecule has 1 heterocycles. The number of fused-ring (bicyclic) bond motifs is 1. The first-order chi connectivity index (χ1) is 7.72. The quantitative estimate of drug-likeness (QED) is 0.631. The van der Waals surface area contributed by atoms with Crippen molar-refractivity contribution in [2.75, 3.05) is 5.73 Å². The van der Waals surface area contributed by atoms with Crippen molar-refractivity contribution < 1.29 is 0 Å². The molecule has 0 aliphatic rings. The van der Waals surface area contributed by atoms with E-state index in [1.807, 2.05) is 18.2 Å². The van der Waals surface area contributed by atoms with Crippen LogP contribution in [0.25, 0.3) is 11.0 Å². The van der Waals surface area contributed by atoms with Gasteiger partial charge >= 0.3 is 0 Å². The van der Waals surface area contributed by atoms with Gasteiger partial charge in [0.05, 0.1) is 11.0 Å². The second-order valence-electron chi connectivity index (χ2n) is 4.27. The molecule has 1 aromatic carbocycles. The van der Waals surface area contributed by atoms with Gasteiger partial charge in [0.1, 0.15) is 5.82 Å².